The molecule has 0 saturated heterocycles. The van der Waals surface area contributed by atoms with Crippen molar-refractivity contribution >= 4 is 34.3 Å². The Morgan fingerprint density at radius 3 is 1.89 bits per heavy atom. The number of hydrogen-bond donors (Lipinski definition) is 0. The SMILES string of the molecule is COc1cccc(OC)c1C1=CC=CC(Cl)(PC2CCCCC2)[C]1(PC1CCCCC1)[Pd][C](C)(C)C. The molecule has 0 amide bonds. The summed E-state index contributed by atoms with van der Waals surface area (Å²) in [6, 6.07) is 6.22. The van der Waals surface area contributed by atoms with Gasteiger partial charge in [-0.25, -0.2) is 0 Å². The van der Waals surface area contributed by atoms with E-state index in [1.165, 1.54) is 69.8 Å². The number of rotatable bonds is 8. The topological polar surface area (TPSA) is 18.5 Å². The summed E-state index contributed by atoms with van der Waals surface area (Å²) in [5.41, 5.74) is 3.98. The Bertz CT molecular complexity index is 925. The van der Waals surface area contributed by atoms with Gasteiger partial charge in [0.05, 0.1) is 0 Å². The van der Waals surface area contributed by atoms with Crippen LogP contribution in [0, 0.1) is 0 Å². The predicted molar refractivity (Wildman–Crippen MR) is 158 cm³/mol. The molecule has 4 atom stereocenters. The van der Waals surface area contributed by atoms with Gasteiger partial charge in [0, 0.05) is 0 Å². The first-order chi connectivity index (χ1) is 17.2. The van der Waals surface area contributed by atoms with E-state index in [-0.39, 0.29) is 12.1 Å². The quantitative estimate of drug-likeness (QED) is 0.160. The summed E-state index contributed by atoms with van der Waals surface area (Å²) in [6.45, 7) is 7.26. The fourth-order valence-electron chi connectivity index (χ4n) is 5.92. The van der Waals surface area contributed by atoms with Crippen LogP contribution in [0.25, 0.3) is 5.57 Å². The number of hydrogen-bond acceptors (Lipinski definition) is 2. The second kappa shape index (κ2) is 12.5. The van der Waals surface area contributed by atoms with Crippen molar-refractivity contribution in [2.75, 3.05) is 14.2 Å². The summed E-state index contributed by atoms with van der Waals surface area (Å²) in [5.74, 6) is 1.80. The molecule has 0 spiro atoms. The van der Waals surface area contributed by atoms with E-state index in [2.05, 4.69) is 51.1 Å². The number of ether oxygens (including phenoxy) is 2. The summed E-state index contributed by atoms with van der Waals surface area (Å²) in [6.07, 6.45) is 20.6. The third kappa shape index (κ3) is 6.46. The first-order valence-corrected chi connectivity index (χ1v) is 17.8. The molecule has 6 heteroatoms. The molecule has 0 bridgehead atoms. The van der Waals surface area contributed by atoms with Gasteiger partial charge < -0.3 is 0 Å². The Kier molecular flexibility index (Phi) is 10.1. The van der Waals surface area contributed by atoms with Crippen molar-refractivity contribution < 1.29 is 27.5 Å². The molecular weight excluding hydrogens is 596 g/mol. The molecule has 204 valence electrons. The molecule has 36 heavy (non-hydrogen) atoms. The van der Waals surface area contributed by atoms with Crippen LogP contribution in [-0.4, -0.2) is 33.8 Å². The summed E-state index contributed by atoms with van der Waals surface area (Å²) >= 11 is 8.55. The van der Waals surface area contributed by atoms with Crippen LogP contribution in [0.3, 0.4) is 0 Å². The summed E-state index contributed by atoms with van der Waals surface area (Å²) in [5, 5.41) is 0. The van der Waals surface area contributed by atoms with Gasteiger partial charge >= 0.3 is 238 Å². The second-order valence-electron chi connectivity index (χ2n) is 11.3. The first kappa shape index (κ1) is 29.1. The van der Waals surface area contributed by atoms with Gasteiger partial charge in [-0.05, 0) is 0 Å². The Hall–Kier alpha value is 0.112. The Morgan fingerprint density at radius 1 is 0.861 bits per heavy atom. The van der Waals surface area contributed by atoms with Gasteiger partial charge in [0.25, 0.3) is 0 Å². The molecule has 0 heterocycles. The van der Waals surface area contributed by atoms with E-state index in [0.29, 0.717) is 18.0 Å². The van der Waals surface area contributed by atoms with E-state index in [1.807, 2.05) is 6.07 Å². The Morgan fingerprint density at radius 2 is 1.39 bits per heavy atom. The van der Waals surface area contributed by atoms with Crippen molar-refractivity contribution in [2.45, 2.75) is 108 Å². The Labute approximate surface area is 236 Å². The van der Waals surface area contributed by atoms with Crippen molar-refractivity contribution in [3.05, 3.63) is 42.0 Å². The number of halogens is 1. The van der Waals surface area contributed by atoms with E-state index in [9.17, 15) is 0 Å². The fraction of sp³-hybridized carbons (Fsp3) is 0.667. The molecule has 2 saturated carbocycles. The van der Waals surface area contributed by atoms with Gasteiger partial charge in [-0.15, -0.1) is 0 Å². The average Bonchev–Trinajstić information content (AvgIpc) is 2.85. The molecule has 4 rings (SSSR count). The molecular formula is C30H45ClO2P2Pd. The summed E-state index contributed by atoms with van der Waals surface area (Å²) < 4.78 is 11.7. The van der Waals surface area contributed by atoms with Crippen molar-refractivity contribution in [2.24, 2.45) is 0 Å². The van der Waals surface area contributed by atoms with Crippen LogP contribution < -0.4 is 9.47 Å². The third-order valence-corrected chi connectivity index (χ3v) is 17.1. The number of allylic oxidation sites excluding steroid dienone is 4. The van der Waals surface area contributed by atoms with Crippen LogP contribution in [0.5, 0.6) is 11.5 Å². The number of alkyl halides is 1. The molecule has 3 aliphatic carbocycles. The summed E-state index contributed by atoms with van der Waals surface area (Å²) in [4.78, 5) is 0. The number of methoxy groups -OCH3 is 2. The zero-order chi connectivity index (χ0) is 25.8. The minimum atomic E-state index is -0.359. The van der Waals surface area contributed by atoms with E-state index in [0.717, 1.165) is 45.5 Å². The van der Waals surface area contributed by atoms with Crippen molar-refractivity contribution in [3.8, 4) is 11.5 Å². The molecule has 1 aromatic carbocycles. The third-order valence-electron chi connectivity index (χ3n) is 7.49. The predicted octanol–water partition coefficient (Wildman–Crippen LogP) is 9.61. The zero-order valence-corrected chi connectivity index (χ0v) is 27.0. The van der Waals surface area contributed by atoms with Crippen LogP contribution in [0.2, 0.25) is 3.89 Å². The monoisotopic (exact) mass is 640 g/mol. The van der Waals surface area contributed by atoms with Crippen LogP contribution >= 0.6 is 28.8 Å². The standard InChI is InChI=1S/C26H36ClO2P2.C4H9.Pd/c1-28-22-16-9-17-23(29-2)24(22)21-15-10-18-26(27,31-20-13-7-4-8-14-20)25(21)30-19-11-5-3-6-12-19;1-4(2)3;/h9-10,15-20,30-31H,3-8,11-14H2,1-2H3;1-3H3;. The van der Waals surface area contributed by atoms with Crippen molar-refractivity contribution in [3.63, 3.8) is 0 Å². The molecule has 4 unspecified atom stereocenters. The molecule has 2 fully saturated rings. The number of benzene rings is 1. The fourth-order valence-corrected chi connectivity index (χ4v) is 17.0. The van der Waals surface area contributed by atoms with Crippen LogP contribution in [-0.2, 0) is 18.0 Å². The van der Waals surface area contributed by atoms with Gasteiger partial charge in [-0.3, -0.25) is 0 Å². The second-order valence-corrected chi connectivity index (χ2v) is 20.5. The minimum absolute atomic E-state index is 0.101. The van der Waals surface area contributed by atoms with Gasteiger partial charge in [0.15, 0.2) is 0 Å². The molecule has 0 aliphatic heterocycles. The molecule has 0 radical (unpaired) electrons. The maximum absolute atomic E-state index is 8.11. The molecule has 3 aliphatic rings. The van der Waals surface area contributed by atoms with Gasteiger partial charge in [-0.2, -0.15) is 0 Å². The maximum atomic E-state index is 8.11. The van der Waals surface area contributed by atoms with E-state index >= 15 is 0 Å². The van der Waals surface area contributed by atoms with E-state index in [1.54, 1.807) is 14.2 Å². The van der Waals surface area contributed by atoms with Crippen molar-refractivity contribution in [1.29, 1.82) is 0 Å². The Balaban J connectivity index is 1.90. The van der Waals surface area contributed by atoms with E-state index < -0.39 is 0 Å². The first-order valence-electron chi connectivity index (χ1n) is 13.7. The molecule has 1 aromatic rings. The summed E-state index contributed by atoms with van der Waals surface area (Å²) in [7, 11) is 5.13. The normalized spacial score (nSPS) is 28.9. The average molecular weight is 642 g/mol. The van der Waals surface area contributed by atoms with Gasteiger partial charge in [0.2, 0.25) is 0 Å². The van der Waals surface area contributed by atoms with Crippen LogP contribution in [0.4, 0.5) is 0 Å². The van der Waals surface area contributed by atoms with Crippen molar-refractivity contribution in [1.82, 2.24) is 0 Å². The molecule has 0 N–H and O–H groups in total. The van der Waals surface area contributed by atoms with Crippen LogP contribution in [0.1, 0.15) is 90.5 Å². The molecule has 2 nitrogen and oxygen atoms in total. The van der Waals surface area contributed by atoms with Gasteiger partial charge in [0.1, 0.15) is 0 Å². The van der Waals surface area contributed by atoms with E-state index in [4.69, 9.17) is 21.1 Å². The molecule has 0 aromatic heterocycles. The van der Waals surface area contributed by atoms with Gasteiger partial charge in [-0.1, -0.05) is 0 Å². The van der Waals surface area contributed by atoms with Crippen LogP contribution in [0.15, 0.2) is 36.4 Å². The zero-order valence-electron chi connectivity index (χ0n) is 22.7.